The number of amides is 1. The van der Waals surface area contributed by atoms with E-state index in [1.807, 2.05) is 20.8 Å². The quantitative estimate of drug-likeness (QED) is 0.874. The van der Waals surface area contributed by atoms with Crippen LogP contribution in [0.2, 0.25) is 5.02 Å². The van der Waals surface area contributed by atoms with Crippen LogP contribution in [0.1, 0.15) is 37.7 Å². The van der Waals surface area contributed by atoms with Gasteiger partial charge in [-0.1, -0.05) is 18.5 Å². The van der Waals surface area contributed by atoms with Crippen LogP contribution in [0.4, 0.5) is 0 Å². The zero-order valence-electron chi connectivity index (χ0n) is 11.4. The summed E-state index contributed by atoms with van der Waals surface area (Å²) in [5.74, 6) is -1.32. The van der Waals surface area contributed by atoms with Gasteiger partial charge in [-0.2, -0.15) is 0 Å². The van der Waals surface area contributed by atoms with Crippen molar-refractivity contribution in [2.24, 2.45) is 0 Å². The topological polar surface area (TPSA) is 62.5 Å². The van der Waals surface area contributed by atoms with Crippen LogP contribution in [0.5, 0.6) is 0 Å². The van der Waals surface area contributed by atoms with Gasteiger partial charge in [0, 0.05) is 18.8 Å². The number of aryl methyl sites for hydroxylation is 1. The lowest BCUT2D eigenvalue weighted by Crippen LogP contribution is -2.42. The van der Waals surface area contributed by atoms with Gasteiger partial charge in [0.2, 0.25) is 0 Å². The third-order valence-electron chi connectivity index (χ3n) is 3.11. The minimum atomic E-state index is -1.02. The number of halogens is 1. The molecule has 0 spiro atoms. The van der Waals surface area contributed by atoms with Crippen LogP contribution in [0.15, 0.2) is 12.3 Å². The molecule has 1 atom stereocenters. The van der Waals surface area contributed by atoms with E-state index in [9.17, 15) is 9.59 Å². The first kappa shape index (κ1) is 15.6. The second kappa shape index (κ2) is 6.61. The summed E-state index contributed by atoms with van der Waals surface area (Å²) in [6.07, 6.45) is 2.37. The normalized spacial score (nSPS) is 12.2. The molecule has 0 radical (unpaired) electrons. The highest BCUT2D eigenvalue weighted by Gasteiger charge is 2.25. The van der Waals surface area contributed by atoms with Crippen molar-refractivity contribution >= 4 is 23.5 Å². The first-order chi connectivity index (χ1) is 8.90. The highest BCUT2D eigenvalue weighted by Crippen LogP contribution is 2.18. The molecular weight excluding hydrogens is 268 g/mol. The fourth-order valence-electron chi connectivity index (χ4n) is 1.86. The summed E-state index contributed by atoms with van der Waals surface area (Å²) in [6.45, 7) is 5.95. The Labute approximate surface area is 117 Å². The van der Waals surface area contributed by atoms with E-state index in [4.69, 9.17) is 16.7 Å². The van der Waals surface area contributed by atoms with E-state index in [1.54, 1.807) is 16.8 Å². The molecule has 6 heteroatoms. The van der Waals surface area contributed by atoms with E-state index in [0.717, 1.165) is 0 Å². The van der Waals surface area contributed by atoms with Crippen molar-refractivity contribution in [1.29, 1.82) is 0 Å². The van der Waals surface area contributed by atoms with Gasteiger partial charge in [-0.3, -0.25) is 9.59 Å². The number of hydrogen-bond donors (Lipinski definition) is 1. The van der Waals surface area contributed by atoms with Gasteiger partial charge in [0.05, 0.1) is 5.02 Å². The maximum absolute atomic E-state index is 12.5. The predicted molar refractivity (Wildman–Crippen MR) is 73.5 cm³/mol. The molecular formula is C13H19ClN2O3. The van der Waals surface area contributed by atoms with Gasteiger partial charge >= 0.3 is 5.97 Å². The minimum Gasteiger partial charge on any atom is -0.480 e. The van der Waals surface area contributed by atoms with E-state index in [2.05, 4.69) is 0 Å². The van der Waals surface area contributed by atoms with Crippen molar-refractivity contribution in [3.63, 3.8) is 0 Å². The largest absolute Gasteiger partial charge is 0.480 e. The summed E-state index contributed by atoms with van der Waals surface area (Å²) in [4.78, 5) is 24.7. The number of aromatic nitrogens is 1. The van der Waals surface area contributed by atoms with Crippen molar-refractivity contribution in [2.45, 2.75) is 39.8 Å². The summed E-state index contributed by atoms with van der Waals surface area (Å²) in [7, 11) is 0. The molecule has 1 rings (SSSR count). The maximum Gasteiger partial charge on any atom is 0.323 e. The number of carbonyl (C=O) groups is 2. The van der Waals surface area contributed by atoms with Crippen LogP contribution in [-0.2, 0) is 11.3 Å². The van der Waals surface area contributed by atoms with Crippen LogP contribution in [-0.4, -0.2) is 39.0 Å². The molecule has 1 N–H and O–H groups in total. The predicted octanol–water partition coefficient (Wildman–Crippen LogP) is 2.49. The van der Waals surface area contributed by atoms with Crippen LogP contribution < -0.4 is 0 Å². The minimum absolute atomic E-state index is 0.136. The van der Waals surface area contributed by atoms with Crippen molar-refractivity contribution < 1.29 is 14.7 Å². The Hall–Kier alpha value is -1.49. The molecule has 0 aliphatic heterocycles. The Morgan fingerprint density at radius 3 is 2.58 bits per heavy atom. The van der Waals surface area contributed by atoms with Crippen LogP contribution in [0.25, 0.3) is 0 Å². The number of carboxylic acids is 1. The molecule has 0 bridgehead atoms. The summed E-state index contributed by atoms with van der Waals surface area (Å²) >= 11 is 5.90. The lowest BCUT2D eigenvalue weighted by molar-refractivity contribution is -0.138. The van der Waals surface area contributed by atoms with E-state index >= 15 is 0 Å². The van der Waals surface area contributed by atoms with Crippen molar-refractivity contribution in [1.82, 2.24) is 9.47 Å². The molecule has 19 heavy (non-hydrogen) atoms. The summed E-state index contributed by atoms with van der Waals surface area (Å²) in [5.41, 5.74) is 0.425. The van der Waals surface area contributed by atoms with E-state index in [-0.39, 0.29) is 18.5 Å². The Morgan fingerprint density at radius 2 is 2.11 bits per heavy atom. The Morgan fingerprint density at radius 1 is 1.47 bits per heavy atom. The lowest BCUT2D eigenvalue weighted by Gasteiger charge is -2.27. The highest BCUT2D eigenvalue weighted by atomic mass is 35.5. The lowest BCUT2D eigenvalue weighted by atomic mass is 10.2. The summed E-state index contributed by atoms with van der Waals surface area (Å²) in [6, 6.07) is 1.44. The molecule has 106 valence electrons. The average molecular weight is 287 g/mol. The Bertz CT molecular complexity index is 470. The molecule has 0 saturated heterocycles. The molecule has 0 fully saturated rings. The third kappa shape index (κ3) is 3.73. The van der Waals surface area contributed by atoms with Crippen LogP contribution >= 0.6 is 11.6 Å². The molecule has 0 saturated carbocycles. The van der Waals surface area contributed by atoms with Crippen LogP contribution in [0, 0.1) is 0 Å². The van der Waals surface area contributed by atoms with Gasteiger partial charge in [0.1, 0.15) is 12.2 Å². The zero-order valence-corrected chi connectivity index (χ0v) is 12.1. The van der Waals surface area contributed by atoms with Crippen molar-refractivity contribution in [3.8, 4) is 0 Å². The average Bonchev–Trinajstić information content (AvgIpc) is 2.75. The molecule has 5 nitrogen and oxygen atoms in total. The molecule has 1 aromatic heterocycles. The molecule has 0 aliphatic carbocycles. The molecule has 0 aliphatic rings. The molecule has 1 unspecified atom stereocenters. The van der Waals surface area contributed by atoms with Gasteiger partial charge < -0.3 is 14.6 Å². The van der Waals surface area contributed by atoms with Crippen LogP contribution in [0.3, 0.4) is 0 Å². The SMILES string of the molecule is CCC(C)N(CC(=O)O)C(=O)c1cc(Cl)cn1CC. The Balaban J connectivity index is 3.07. The second-order valence-corrected chi connectivity index (χ2v) is 4.85. The number of nitrogens with zero attached hydrogens (tertiary/aromatic N) is 2. The van der Waals surface area contributed by atoms with Gasteiger partial charge in [0.15, 0.2) is 0 Å². The first-order valence-corrected chi connectivity index (χ1v) is 6.66. The molecule has 1 aromatic rings. The number of carboxylic acid groups (broad SMARTS) is 1. The number of hydrogen-bond acceptors (Lipinski definition) is 2. The smallest absolute Gasteiger partial charge is 0.323 e. The summed E-state index contributed by atoms with van der Waals surface area (Å²) < 4.78 is 1.72. The molecule has 1 amide bonds. The second-order valence-electron chi connectivity index (χ2n) is 4.41. The molecule has 1 heterocycles. The van der Waals surface area contributed by atoms with E-state index in [0.29, 0.717) is 23.7 Å². The fourth-order valence-corrected chi connectivity index (χ4v) is 2.08. The summed E-state index contributed by atoms with van der Waals surface area (Å²) in [5, 5.41) is 9.41. The van der Waals surface area contributed by atoms with E-state index in [1.165, 1.54) is 4.90 Å². The number of rotatable bonds is 6. The third-order valence-corrected chi connectivity index (χ3v) is 3.32. The van der Waals surface area contributed by atoms with Crippen molar-refractivity contribution in [2.75, 3.05) is 6.54 Å². The highest BCUT2D eigenvalue weighted by molar-refractivity contribution is 6.31. The Kier molecular flexibility index (Phi) is 5.42. The van der Waals surface area contributed by atoms with Gasteiger partial charge in [-0.15, -0.1) is 0 Å². The molecule has 0 aromatic carbocycles. The number of carbonyl (C=O) groups excluding carboxylic acids is 1. The van der Waals surface area contributed by atoms with E-state index < -0.39 is 5.97 Å². The number of aliphatic carboxylic acids is 1. The van der Waals surface area contributed by atoms with Gasteiger partial charge in [-0.05, 0) is 26.3 Å². The van der Waals surface area contributed by atoms with Gasteiger partial charge in [0.25, 0.3) is 5.91 Å². The van der Waals surface area contributed by atoms with Gasteiger partial charge in [-0.25, -0.2) is 0 Å². The fraction of sp³-hybridized carbons (Fsp3) is 0.538. The first-order valence-electron chi connectivity index (χ1n) is 6.29. The maximum atomic E-state index is 12.5. The standard InChI is InChI=1S/C13H19ClN2O3/c1-4-9(3)16(8-12(17)18)13(19)11-6-10(14)7-15(11)5-2/h6-7,9H,4-5,8H2,1-3H3,(H,17,18). The zero-order chi connectivity index (χ0) is 14.6. The monoisotopic (exact) mass is 286 g/mol. The van der Waals surface area contributed by atoms with Crippen molar-refractivity contribution in [3.05, 3.63) is 23.0 Å².